The van der Waals surface area contributed by atoms with Crippen LogP contribution in [0.1, 0.15) is 26.7 Å². The third-order valence-electron chi connectivity index (χ3n) is 3.53. The van der Waals surface area contributed by atoms with Gasteiger partial charge >= 0.3 is 0 Å². The summed E-state index contributed by atoms with van der Waals surface area (Å²) in [4.78, 5) is 16.2. The number of oxime groups is 1. The number of piperazine rings is 1. The van der Waals surface area contributed by atoms with Crippen molar-refractivity contribution in [2.75, 3.05) is 32.7 Å². The Balaban J connectivity index is 2.41. The van der Waals surface area contributed by atoms with Gasteiger partial charge in [0.1, 0.15) is 0 Å². The van der Waals surface area contributed by atoms with Crippen LogP contribution in [0.15, 0.2) is 5.16 Å². The van der Waals surface area contributed by atoms with Gasteiger partial charge in [-0.2, -0.15) is 0 Å². The highest BCUT2D eigenvalue weighted by molar-refractivity contribution is 5.81. The quantitative estimate of drug-likeness (QED) is 0.321. The number of nitrogens with two attached hydrogens (primary N) is 1. The lowest BCUT2D eigenvalue weighted by Gasteiger charge is -2.35. The molecule has 104 valence electrons. The average molecular weight is 256 g/mol. The van der Waals surface area contributed by atoms with Gasteiger partial charge in [-0.15, -0.1) is 0 Å². The smallest absolute Gasteiger partial charge is 0.225 e. The molecule has 1 rings (SSSR count). The lowest BCUT2D eigenvalue weighted by atomic mass is 10.0. The highest BCUT2D eigenvalue weighted by atomic mass is 16.4. The molecule has 18 heavy (non-hydrogen) atoms. The monoisotopic (exact) mass is 256 g/mol. The standard InChI is InChI=1S/C12H24N4O2/c1-3-10(4-2)12(17)16-7-5-15(6-8-16)9-11(13)14-18/h10,18H,3-9H2,1-2H3,(H2,13,14). The van der Waals surface area contributed by atoms with Crippen LogP contribution in [0.2, 0.25) is 0 Å². The minimum absolute atomic E-state index is 0.153. The number of amidine groups is 1. The molecule has 0 saturated carbocycles. The molecular formula is C12H24N4O2. The molecule has 6 heteroatoms. The summed E-state index contributed by atoms with van der Waals surface area (Å²) in [6.45, 7) is 7.59. The first-order valence-electron chi connectivity index (χ1n) is 6.59. The summed E-state index contributed by atoms with van der Waals surface area (Å²) in [5, 5.41) is 11.5. The highest BCUT2D eigenvalue weighted by Crippen LogP contribution is 2.13. The fourth-order valence-electron chi connectivity index (χ4n) is 2.28. The van der Waals surface area contributed by atoms with E-state index in [0.29, 0.717) is 6.54 Å². The molecular weight excluding hydrogens is 232 g/mol. The number of carbonyl (C=O) groups is 1. The normalized spacial score (nSPS) is 18.4. The van der Waals surface area contributed by atoms with Gasteiger partial charge in [-0.05, 0) is 12.8 Å². The van der Waals surface area contributed by atoms with E-state index in [1.165, 1.54) is 0 Å². The molecule has 0 bridgehead atoms. The van der Waals surface area contributed by atoms with Crippen molar-refractivity contribution >= 4 is 11.7 Å². The van der Waals surface area contributed by atoms with Gasteiger partial charge in [0.05, 0.1) is 6.54 Å². The maximum absolute atomic E-state index is 12.2. The fraction of sp³-hybridized carbons (Fsp3) is 0.833. The van der Waals surface area contributed by atoms with Crippen LogP contribution in [0, 0.1) is 5.92 Å². The fourth-order valence-corrected chi connectivity index (χ4v) is 2.28. The third-order valence-corrected chi connectivity index (χ3v) is 3.53. The number of hydrogen-bond acceptors (Lipinski definition) is 4. The molecule has 0 radical (unpaired) electrons. The number of rotatable bonds is 5. The summed E-state index contributed by atoms with van der Waals surface area (Å²) in [6, 6.07) is 0. The minimum atomic E-state index is 0.153. The summed E-state index contributed by atoms with van der Waals surface area (Å²) in [7, 11) is 0. The summed E-state index contributed by atoms with van der Waals surface area (Å²) < 4.78 is 0. The molecule has 0 unspecified atom stereocenters. The van der Waals surface area contributed by atoms with E-state index in [9.17, 15) is 4.79 Å². The van der Waals surface area contributed by atoms with Gasteiger partial charge < -0.3 is 15.8 Å². The first kappa shape index (κ1) is 14.8. The van der Waals surface area contributed by atoms with E-state index in [-0.39, 0.29) is 17.7 Å². The van der Waals surface area contributed by atoms with E-state index < -0.39 is 0 Å². The molecule has 1 fully saturated rings. The maximum atomic E-state index is 12.2. The summed E-state index contributed by atoms with van der Waals surface area (Å²) in [6.07, 6.45) is 1.80. The molecule has 0 aromatic rings. The van der Waals surface area contributed by atoms with E-state index in [2.05, 4.69) is 23.9 Å². The lowest BCUT2D eigenvalue weighted by Crippen LogP contribution is -2.51. The Morgan fingerprint density at radius 2 is 1.83 bits per heavy atom. The third kappa shape index (κ3) is 3.87. The molecule has 1 saturated heterocycles. The predicted molar refractivity (Wildman–Crippen MR) is 70.5 cm³/mol. The van der Waals surface area contributed by atoms with Crippen molar-refractivity contribution < 1.29 is 10.0 Å². The molecule has 0 aromatic carbocycles. The molecule has 6 nitrogen and oxygen atoms in total. The van der Waals surface area contributed by atoms with Crippen LogP contribution in [-0.4, -0.2) is 59.5 Å². The molecule has 0 aliphatic carbocycles. The topological polar surface area (TPSA) is 82.2 Å². The lowest BCUT2D eigenvalue weighted by molar-refractivity contribution is -0.137. The Morgan fingerprint density at radius 1 is 1.28 bits per heavy atom. The Hall–Kier alpha value is -1.30. The van der Waals surface area contributed by atoms with Crippen LogP contribution in [0.3, 0.4) is 0 Å². The summed E-state index contributed by atoms with van der Waals surface area (Å²) >= 11 is 0. The SMILES string of the molecule is CCC(CC)C(=O)N1CCN(CC(N)=NO)CC1. The largest absolute Gasteiger partial charge is 0.409 e. The Kier molecular flexibility index (Phi) is 5.91. The van der Waals surface area contributed by atoms with Crippen LogP contribution >= 0.6 is 0 Å². The molecule has 0 atom stereocenters. The molecule has 3 N–H and O–H groups in total. The highest BCUT2D eigenvalue weighted by Gasteiger charge is 2.25. The van der Waals surface area contributed by atoms with E-state index in [1.54, 1.807) is 0 Å². The number of carbonyl (C=O) groups excluding carboxylic acids is 1. The first-order chi connectivity index (χ1) is 8.62. The molecule has 1 amide bonds. The predicted octanol–water partition coefficient (Wildman–Crippen LogP) is 0.313. The van der Waals surface area contributed by atoms with Crippen molar-refractivity contribution in [3.8, 4) is 0 Å². The number of nitrogens with zero attached hydrogens (tertiary/aromatic N) is 3. The maximum Gasteiger partial charge on any atom is 0.225 e. The number of amides is 1. The molecule has 1 aliphatic heterocycles. The van der Waals surface area contributed by atoms with Crippen LogP contribution < -0.4 is 5.73 Å². The van der Waals surface area contributed by atoms with E-state index >= 15 is 0 Å². The second-order valence-corrected chi connectivity index (χ2v) is 4.71. The van der Waals surface area contributed by atoms with Crippen LogP contribution in [-0.2, 0) is 4.79 Å². The van der Waals surface area contributed by atoms with E-state index in [0.717, 1.165) is 39.0 Å². The van der Waals surface area contributed by atoms with Crippen LogP contribution in [0.4, 0.5) is 0 Å². The second kappa shape index (κ2) is 7.20. The minimum Gasteiger partial charge on any atom is -0.409 e. The Morgan fingerprint density at radius 3 is 2.28 bits per heavy atom. The van der Waals surface area contributed by atoms with E-state index in [1.807, 2.05) is 4.90 Å². The zero-order valence-corrected chi connectivity index (χ0v) is 11.3. The average Bonchev–Trinajstić information content (AvgIpc) is 2.40. The van der Waals surface area contributed by atoms with Crippen molar-refractivity contribution in [3.63, 3.8) is 0 Å². The van der Waals surface area contributed by atoms with Gasteiger partial charge in [-0.3, -0.25) is 9.69 Å². The van der Waals surface area contributed by atoms with Crippen molar-refractivity contribution in [2.24, 2.45) is 16.8 Å². The van der Waals surface area contributed by atoms with Crippen molar-refractivity contribution in [1.82, 2.24) is 9.80 Å². The van der Waals surface area contributed by atoms with Crippen molar-refractivity contribution in [3.05, 3.63) is 0 Å². The summed E-state index contributed by atoms with van der Waals surface area (Å²) in [5.74, 6) is 0.638. The van der Waals surface area contributed by atoms with Gasteiger partial charge in [0.25, 0.3) is 0 Å². The first-order valence-corrected chi connectivity index (χ1v) is 6.59. The van der Waals surface area contributed by atoms with Gasteiger partial charge in [0.15, 0.2) is 5.84 Å². The second-order valence-electron chi connectivity index (χ2n) is 4.71. The molecule has 1 heterocycles. The van der Waals surface area contributed by atoms with E-state index in [4.69, 9.17) is 10.9 Å². The zero-order chi connectivity index (χ0) is 13.5. The van der Waals surface area contributed by atoms with Crippen LogP contribution in [0.25, 0.3) is 0 Å². The van der Waals surface area contributed by atoms with Crippen molar-refractivity contribution in [2.45, 2.75) is 26.7 Å². The van der Waals surface area contributed by atoms with Gasteiger partial charge in [0, 0.05) is 32.1 Å². The van der Waals surface area contributed by atoms with Crippen LogP contribution in [0.5, 0.6) is 0 Å². The van der Waals surface area contributed by atoms with Gasteiger partial charge in [-0.1, -0.05) is 19.0 Å². The van der Waals surface area contributed by atoms with Crippen molar-refractivity contribution in [1.29, 1.82) is 0 Å². The Bertz CT molecular complexity index is 294. The Labute approximate surface area is 108 Å². The van der Waals surface area contributed by atoms with Gasteiger partial charge in [0.2, 0.25) is 5.91 Å². The molecule has 1 aliphatic rings. The number of hydrogen-bond donors (Lipinski definition) is 2. The zero-order valence-electron chi connectivity index (χ0n) is 11.3. The van der Waals surface area contributed by atoms with Gasteiger partial charge in [-0.25, -0.2) is 0 Å². The molecule has 0 aromatic heterocycles. The summed E-state index contributed by atoms with van der Waals surface area (Å²) in [5.41, 5.74) is 5.47. The molecule has 0 spiro atoms.